The average molecular weight is 256 g/mol. The highest BCUT2D eigenvalue weighted by Gasteiger charge is 2.48. The molecule has 1 fully saturated rings. The van der Waals surface area contributed by atoms with Gasteiger partial charge in [-0.2, -0.15) is 0 Å². The molecule has 0 aromatic rings. The normalized spacial score (nSPS) is 45.4. The molecule has 0 aromatic carbocycles. The molecule has 1 saturated carbocycles. The van der Waals surface area contributed by atoms with Gasteiger partial charge in [0.1, 0.15) is 0 Å². The molecule has 0 amide bonds. The molecule has 0 N–H and O–H groups in total. The Morgan fingerprint density at radius 2 is 2.00 bits per heavy atom. The summed E-state index contributed by atoms with van der Waals surface area (Å²) in [5, 5.41) is 0. The van der Waals surface area contributed by atoms with E-state index in [1.165, 1.54) is 57.8 Å². The third kappa shape index (κ3) is 1.71. The zero-order chi connectivity index (χ0) is 13.0. The van der Waals surface area contributed by atoms with E-state index in [4.69, 9.17) is 0 Å². The lowest BCUT2D eigenvalue weighted by Crippen LogP contribution is -2.37. The van der Waals surface area contributed by atoms with Crippen LogP contribution in [-0.2, 0) is 0 Å². The Bertz CT molecular complexity index is 453. The van der Waals surface area contributed by atoms with Crippen molar-refractivity contribution in [1.82, 2.24) is 0 Å². The first-order valence-corrected chi connectivity index (χ1v) is 8.61. The SMILES string of the molecule is C[C@@H]1C[C@@H]2C(=CC[C@]3(C)CCC[C@@H]23)C2=C1CCCC2. The average Bonchev–Trinajstić information content (AvgIpc) is 2.81. The summed E-state index contributed by atoms with van der Waals surface area (Å²) in [4.78, 5) is 0. The molecule has 0 heterocycles. The molecular formula is C19H28. The van der Waals surface area contributed by atoms with Crippen LogP contribution >= 0.6 is 0 Å². The van der Waals surface area contributed by atoms with Crippen molar-refractivity contribution in [1.29, 1.82) is 0 Å². The Morgan fingerprint density at radius 3 is 2.89 bits per heavy atom. The van der Waals surface area contributed by atoms with Gasteiger partial charge in [-0.1, -0.05) is 31.9 Å². The number of allylic oxidation sites excluding steroid dienone is 4. The molecule has 0 spiro atoms. The molecule has 0 bridgehead atoms. The molecule has 4 atom stereocenters. The lowest BCUT2D eigenvalue weighted by atomic mass is 9.57. The molecule has 0 unspecified atom stereocenters. The second kappa shape index (κ2) is 4.24. The minimum atomic E-state index is 0.653. The van der Waals surface area contributed by atoms with Gasteiger partial charge in [0.15, 0.2) is 0 Å². The van der Waals surface area contributed by atoms with E-state index in [0.717, 1.165) is 17.8 Å². The smallest absolute Gasteiger partial charge is 0.0123 e. The molecule has 0 nitrogen and oxygen atoms in total. The van der Waals surface area contributed by atoms with Crippen molar-refractivity contribution in [3.63, 3.8) is 0 Å². The maximum Gasteiger partial charge on any atom is -0.0123 e. The van der Waals surface area contributed by atoms with Crippen molar-refractivity contribution in [3.8, 4) is 0 Å². The number of fused-ring (bicyclic) bond motifs is 4. The zero-order valence-electron chi connectivity index (χ0n) is 12.7. The van der Waals surface area contributed by atoms with Crippen LogP contribution in [0.15, 0.2) is 22.8 Å². The highest BCUT2D eigenvalue weighted by atomic mass is 14.5. The second-order valence-electron chi connectivity index (χ2n) is 7.97. The van der Waals surface area contributed by atoms with Crippen LogP contribution < -0.4 is 0 Å². The van der Waals surface area contributed by atoms with Gasteiger partial charge >= 0.3 is 0 Å². The van der Waals surface area contributed by atoms with E-state index in [0.29, 0.717) is 5.41 Å². The summed E-state index contributed by atoms with van der Waals surface area (Å²) < 4.78 is 0. The highest BCUT2D eigenvalue weighted by Crippen LogP contribution is 2.59. The van der Waals surface area contributed by atoms with Crippen molar-refractivity contribution in [2.45, 2.75) is 71.6 Å². The molecule has 0 aliphatic heterocycles. The van der Waals surface area contributed by atoms with Gasteiger partial charge in [-0.15, -0.1) is 0 Å². The molecule has 4 aliphatic rings. The van der Waals surface area contributed by atoms with Crippen LogP contribution in [0.4, 0.5) is 0 Å². The lowest BCUT2D eigenvalue weighted by molar-refractivity contribution is 0.142. The molecule has 4 aliphatic carbocycles. The van der Waals surface area contributed by atoms with E-state index in [-0.39, 0.29) is 0 Å². The first-order chi connectivity index (χ1) is 9.19. The summed E-state index contributed by atoms with van der Waals surface area (Å²) in [5.41, 5.74) is 6.18. The van der Waals surface area contributed by atoms with Crippen LogP contribution in [0.2, 0.25) is 0 Å². The largest absolute Gasteiger partial charge is 0.0802 e. The summed E-state index contributed by atoms with van der Waals surface area (Å²) in [6, 6.07) is 0. The Labute approximate surface area is 118 Å². The van der Waals surface area contributed by atoms with Gasteiger partial charge in [-0.3, -0.25) is 0 Å². The van der Waals surface area contributed by atoms with Gasteiger partial charge < -0.3 is 0 Å². The van der Waals surface area contributed by atoms with Gasteiger partial charge in [-0.05, 0) is 85.7 Å². The van der Waals surface area contributed by atoms with Gasteiger partial charge in [0.25, 0.3) is 0 Å². The Hall–Kier alpha value is -0.520. The van der Waals surface area contributed by atoms with Gasteiger partial charge in [-0.25, -0.2) is 0 Å². The van der Waals surface area contributed by atoms with Gasteiger partial charge in [0, 0.05) is 0 Å². The highest BCUT2D eigenvalue weighted by molar-refractivity contribution is 5.44. The third-order valence-electron chi connectivity index (χ3n) is 6.89. The molecule has 0 radical (unpaired) electrons. The second-order valence-corrected chi connectivity index (χ2v) is 7.97. The molecule has 19 heavy (non-hydrogen) atoms. The summed E-state index contributed by atoms with van der Waals surface area (Å²) in [6.45, 7) is 5.09. The fraction of sp³-hybridized carbons (Fsp3) is 0.789. The molecule has 104 valence electrons. The van der Waals surface area contributed by atoms with E-state index in [1.54, 1.807) is 0 Å². The van der Waals surface area contributed by atoms with Gasteiger partial charge in [0.05, 0.1) is 0 Å². The third-order valence-corrected chi connectivity index (χ3v) is 6.89. The summed E-state index contributed by atoms with van der Waals surface area (Å²) in [6.07, 6.45) is 15.7. The van der Waals surface area contributed by atoms with Crippen LogP contribution in [0, 0.1) is 23.2 Å². The number of rotatable bonds is 0. The monoisotopic (exact) mass is 256 g/mol. The predicted octanol–water partition coefficient (Wildman–Crippen LogP) is 5.65. The van der Waals surface area contributed by atoms with Crippen LogP contribution in [0.25, 0.3) is 0 Å². The minimum absolute atomic E-state index is 0.653. The van der Waals surface area contributed by atoms with Crippen LogP contribution in [-0.4, -0.2) is 0 Å². The Kier molecular flexibility index (Phi) is 2.73. The molecule has 0 saturated heterocycles. The minimum Gasteiger partial charge on any atom is -0.0802 e. The standard InChI is InChI=1S/C19H28/c1-13-12-17-16(15-7-4-3-6-14(13)15)9-11-19(2)10-5-8-18(17)19/h9,13,17-18H,3-8,10-12H2,1-2H3/t13-,17-,18+,19+/m1/s1. The molecular weight excluding hydrogens is 228 g/mol. The topological polar surface area (TPSA) is 0 Å². The van der Waals surface area contributed by atoms with E-state index < -0.39 is 0 Å². The molecule has 0 heteroatoms. The van der Waals surface area contributed by atoms with Crippen LogP contribution in [0.1, 0.15) is 71.6 Å². The number of hydrogen-bond acceptors (Lipinski definition) is 0. The summed E-state index contributed by atoms with van der Waals surface area (Å²) in [7, 11) is 0. The van der Waals surface area contributed by atoms with Crippen molar-refractivity contribution >= 4 is 0 Å². The van der Waals surface area contributed by atoms with Crippen LogP contribution in [0.5, 0.6) is 0 Å². The maximum atomic E-state index is 2.68. The van der Waals surface area contributed by atoms with E-state index in [1.807, 2.05) is 16.7 Å². The van der Waals surface area contributed by atoms with E-state index in [2.05, 4.69) is 19.9 Å². The zero-order valence-corrected chi connectivity index (χ0v) is 12.7. The van der Waals surface area contributed by atoms with Crippen LogP contribution in [0.3, 0.4) is 0 Å². The lowest BCUT2D eigenvalue weighted by Gasteiger charge is -2.47. The van der Waals surface area contributed by atoms with Crippen molar-refractivity contribution in [3.05, 3.63) is 22.8 Å². The van der Waals surface area contributed by atoms with Crippen molar-refractivity contribution in [2.75, 3.05) is 0 Å². The summed E-state index contributed by atoms with van der Waals surface area (Å²) >= 11 is 0. The first-order valence-electron chi connectivity index (χ1n) is 8.61. The summed E-state index contributed by atoms with van der Waals surface area (Å²) in [5.74, 6) is 2.81. The number of hydrogen-bond donors (Lipinski definition) is 0. The fourth-order valence-electron chi connectivity index (χ4n) is 5.87. The Balaban J connectivity index is 1.77. The maximum absolute atomic E-state index is 2.68. The van der Waals surface area contributed by atoms with E-state index >= 15 is 0 Å². The quantitative estimate of drug-likeness (QED) is 0.525. The van der Waals surface area contributed by atoms with E-state index in [9.17, 15) is 0 Å². The van der Waals surface area contributed by atoms with Crippen molar-refractivity contribution in [2.24, 2.45) is 23.2 Å². The molecule has 4 rings (SSSR count). The first kappa shape index (κ1) is 12.2. The predicted molar refractivity (Wildman–Crippen MR) is 80.9 cm³/mol. The molecule has 0 aromatic heterocycles. The van der Waals surface area contributed by atoms with Crippen molar-refractivity contribution < 1.29 is 0 Å². The fourth-order valence-corrected chi connectivity index (χ4v) is 5.87. The Morgan fingerprint density at radius 1 is 1.16 bits per heavy atom. The van der Waals surface area contributed by atoms with Gasteiger partial charge in [0.2, 0.25) is 0 Å².